The second-order valence-electron chi connectivity index (χ2n) is 5.29. The van der Waals surface area contributed by atoms with E-state index >= 15 is 0 Å². The molecule has 0 radical (unpaired) electrons. The zero-order valence-electron chi connectivity index (χ0n) is 13.7. The van der Waals surface area contributed by atoms with Crippen LogP contribution in [0.15, 0.2) is 28.7 Å². The molecule has 0 unspecified atom stereocenters. The van der Waals surface area contributed by atoms with Gasteiger partial charge in [-0.1, -0.05) is 31.5 Å². The van der Waals surface area contributed by atoms with Crippen LogP contribution in [0.25, 0.3) is 11.0 Å². The van der Waals surface area contributed by atoms with Crippen molar-refractivity contribution < 1.29 is 23.5 Å². The third-order valence-electron chi connectivity index (χ3n) is 3.43. The molecule has 0 bridgehead atoms. The summed E-state index contributed by atoms with van der Waals surface area (Å²) in [5.74, 6) is -1.40. The summed E-state index contributed by atoms with van der Waals surface area (Å²) in [6.07, 6.45) is 1.75. The summed E-state index contributed by atoms with van der Waals surface area (Å²) in [6.45, 7) is 3.65. The topological polar surface area (TPSA) is 97.6 Å². The average Bonchev–Trinajstić information content (AvgIpc) is 2.90. The van der Waals surface area contributed by atoms with Crippen LogP contribution in [0.1, 0.15) is 35.9 Å². The molecule has 0 fully saturated rings. The van der Waals surface area contributed by atoms with Crippen LogP contribution in [-0.2, 0) is 9.53 Å². The summed E-state index contributed by atoms with van der Waals surface area (Å²) in [5, 5.41) is 5.43. The van der Waals surface area contributed by atoms with E-state index in [2.05, 4.69) is 10.6 Å². The van der Waals surface area contributed by atoms with E-state index in [1.54, 1.807) is 19.1 Å². The Balaban J connectivity index is 1.87. The van der Waals surface area contributed by atoms with Gasteiger partial charge in [-0.15, -0.1) is 0 Å². The predicted molar refractivity (Wildman–Crippen MR) is 87.7 cm³/mol. The number of unbranched alkanes of at least 4 members (excludes halogenated alkanes) is 1. The zero-order chi connectivity index (χ0) is 17.5. The fourth-order valence-corrected chi connectivity index (χ4v) is 2.15. The molecule has 2 rings (SSSR count). The number of furan rings is 1. The highest BCUT2D eigenvalue weighted by atomic mass is 16.5. The third-order valence-corrected chi connectivity index (χ3v) is 3.43. The monoisotopic (exact) mass is 332 g/mol. The highest BCUT2D eigenvalue weighted by Gasteiger charge is 2.20. The van der Waals surface area contributed by atoms with Gasteiger partial charge >= 0.3 is 12.0 Å². The van der Waals surface area contributed by atoms with Crippen LogP contribution in [0.5, 0.6) is 0 Å². The number of para-hydroxylation sites is 1. The number of amides is 3. The van der Waals surface area contributed by atoms with E-state index in [4.69, 9.17) is 9.15 Å². The van der Waals surface area contributed by atoms with E-state index in [1.807, 2.05) is 19.1 Å². The molecule has 7 heteroatoms. The third kappa shape index (κ3) is 4.34. The van der Waals surface area contributed by atoms with Crippen LogP contribution in [0, 0.1) is 6.92 Å². The van der Waals surface area contributed by atoms with Crippen LogP contribution in [0.2, 0.25) is 0 Å². The number of benzene rings is 1. The van der Waals surface area contributed by atoms with Crippen molar-refractivity contribution in [2.24, 2.45) is 0 Å². The second-order valence-corrected chi connectivity index (χ2v) is 5.29. The first kappa shape index (κ1) is 17.5. The minimum absolute atomic E-state index is 0.0522. The van der Waals surface area contributed by atoms with E-state index in [0.717, 1.165) is 18.2 Å². The van der Waals surface area contributed by atoms with Crippen LogP contribution >= 0.6 is 0 Å². The van der Waals surface area contributed by atoms with Crippen molar-refractivity contribution >= 4 is 28.9 Å². The first-order valence-corrected chi connectivity index (χ1v) is 7.75. The van der Waals surface area contributed by atoms with Crippen LogP contribution in [-0.4, -0.2) is 31.1 Å². The van der Waals surface area contributed by atoms with Crippen molar-refractivity contribution in [1.82, 2.24) is 10.6 Å². The fourth-order valence-electron chi connectivity index (χ4n) is 2.15. The molecule has 0 aliphatic heterocycles. The number of carbonyl (C=O) groups excluding carboxylic acids is 3. The molecule has 24 heavy (non-hydrogen) atoms. The normalized spacial score (nSPS) is 10.4. The molecule has 1 heterocycles. The van der Waals surface area contributed by atoms with Gasteiger partial charge in [0.05, 0.1) is 0 Å². The number of nitrogens with one attached hydrogen (secondary N) is 2. The quantitative estimate of drug-likeness (QED) is 0.626. The standard InChI is InChI=1S/C17H20N2O5/c1-3-4-9-18-17(22)19-14(20)10-23-16(21)15-11(2)12-7-5-6-8-13(12)24-15/h5-8H,3-4,9-10H2,1-2H3,(H2,18,19,20,22). The highest BCUT2D eigenvalue weighted by Crippen LogP contribution is 2.25. The minimum Gasteiger partial charge on any atom is -0.450 e. The molecule has 0 saturated heterocycles. The largest absolute Gasteiger partial charge is 0.450 e. The molecule has 0 saturated carbocycles. The first-order valence-electron chi connectivity index (χ1n) is 7.75. The average molecular weight is 332 g/mol. The summed E-state index contributed by atoms with van der Waals surface area (Å²) in [4.78, 5) is 35.1. The number of ether oxygens (including phenoxy) is 1. The van der Waals surface area contributed by atoms with Crippen molar-refractivity contribution in [1.29, 1.82) is 0 Å². The SMILES string of the molecule is CCCCNC(=O)NC(=O)COC(=O)c1oc2ccccc2c1C. The van der Waals surface area contributed by atoms with E-state index in [0.29, 0.717) is 17.7 Å². The lowest BCUT2D eigenvalue weighted by Crippen LogP contribution is -2.41. The Bertz CT molecular complexity index is 751. The van der Waals surface area contributed by atoms with Crippen LogP contribution < -0.4 is 10.6 Å². The summed E-state index contributed by atoms with van der Waals surface area (Å²) in [6, 6.07) is 6.60. The van der Waals surface area contributed by atoms with E-state index in [9.17, 15) is 14.4 Å². The van der Waals surface area contributed by atoms with Crippen molar-refractivity contribution in [3.05, 3.63) is 35.6 Å². The number of hydrogen-bond donors (Lipinski definition) is 2. The Kier molecular flexibility index (Phi) is 5.95. The molecule has 7 nitrogen and oxygen atoms in total. The molecular weight excluding hydrogens is 312 g/mol. The van der Waals surface area contributed by atoms with E-state index < -0.39 is 24.5 Å². The van der Waals surface area contributed by atoms with Gasteiger partial charge in [-0.05, 0) is 19.4 Å². The van der Waals surface area contributed by atoms with Crippen LogP contribution in [0.4, 0.5) is 4.79 Å². The molecule has 1 aromatic carbocycles. The Morgan fingerprint density at radius 1 is 1.21 bits per heavy atom. The van der Waals surface area contributed by atoms with Gasteiger partial charge < -0.3 is 14.5 Å². The smallest absolute Gasteiger partial charge is 0.375 e. The number of carbonyl (C=O) groups is 3. The van der Waals surface area contributed by atoms with Gasteiger partial charge in [0.1, 0.15) is 5.58 Å². The number of urea groups is 1. The minimum atomic E-state index is -0.745. The Morgan fingerprint density at radius 3 is 2.67 bits per heavy atom. The molecule has 0 spiro atoms. The summed E-state index contributed by atoms with van der Waals surface area (Å²) < 4.78 is 10.4. The van der Waals surface area contributed by atoms with E-state index in [1.165, 1.54) is 0 Å². The maximum Gasteiger partial charge on any atom is 0.375 e. The molecule has 1 aromatic heterocycles. The van der Waals surface area contributed by atoms with Gasteiger partial charge in [0.15, 0.2) is 6.61 Å². The fraction of sp³-hybridized carbons (Fsp3) is 0.353. The van der Waals surface area contributed by atoms with Gasteiger partial charge in [-0.3, -0.25) is 10.1 Å². The molecule has 0 aliphatic carbocycles. The maximum absolute atomic E-state index is 12.0. The Hall–Kier alpha value is -2.83. The highest BCUT2D eigenvalue weighted by molar-refractivity contribution is 5.98. The van der Waals surface area contributed by atoms with Crippen LogP contribution in [0.3, 0.4) is 0 Å². The summed E-state index contributed by atoms with van der Waals surface area (Å²) >= 11 is 0. The van der Waals surface area contributed by atoms with Crippen molar-refractivity contribution in [3.8, 4) is 0 Å². The summed E-state index contributed by atoms with van der Waals surface area (Å²) in [5.41, 5.74) is 1.22. The predicted octanol–water partition coefficient (Wildman–Crippen LogP) is 2.52. The van der Waals surface area contributed by atoms with Gasteiger partial charge in [0, 0.05) is 17.5 Å². The molecule has 3 amide bonds. The van der Waals surface area contributed by atoms with Gasteiger partial charge in [0.2, 0.25) is 5.76 Å². The van der Waals surface area contributed by atoms with Crippen molar-refractivity contribution in [2.45, 2.75) is 26.7 Å². The lowest BCUT2D eigenvalue weighted by Gasteiger charge is -2.06. The zero-order valence-corrected chi connectivity index (χ0v) is 13.7. The lowest BCUT2D eigenvalue weighted by atomic mass is 10.1. The molecule has 2 aromatic rings. The lowest BCUT2D eigenvalue weighted by molar-refractivity contribution is -0.123. The molecule has 0 atom stereocenters. The van der Waals surface area contributed by atoms with Gasteiger partial charge in [0.25, 0.3) is 5.91 Å². The molecule has 2 N–H and O–H groups in total. The van der Waals surface area contributed by atoms with Crippen molar-refractivity contribution in [3.63, 3.8) is 0 Å². The Morgan fingerprint density at radius 2 is 1.96 bits per heavy atom. The number of rotatable bonds is 6. The van der Waals surface area contributed by atoms with Gasteiger partial charge in [-0.2, -0.15) is 0 Å². The van der Waals surface area contributed by atoms with Crippen molar-refractivity contribution in [2.75, 3.05) is 13.2 Å². The summed E-state index contributed by atoms with van der Waals surface area (Å²) in [7, 11) is 0. The molecule has 0 aliphatic rings. The molecular formula is C17H20N2O5. The number of imide groups is 1. The van der Waals surface area contributed by atoms with Gasteiger partial charge in [-0.25, -0.2) is 9.59 Å². The Labute approximate surface area is 139 Å². The molecule has 128 valence electrons. The number of fused-ring (bicyclic) bond motifs is 1. The number of aryl methyl sites for hydroxylation is 1. The van der Waals surface area contributed by atoms with E-state index in [-0.39, 0.29) is 5.76 Å². The number of esters is 1. The first-order chi connectivity index (χ1) is 11.5. The second kappa shape index (κ2) is 8.14. The maximum atomic E-state index is 12.0. The number of hydrogen-bond acceptors (Lipinski definition) is 5.